The summed E-state index contributed by atoms with van der Waals surface area (Å²) in [7, 11) is 0. The molecule has 1 rings (SSSR count). The van der Waals surface area contributed by atoms with E-state index in [-0.39, 0.29) is 24.9 Å². The normalized spacial score (nSPS) is 29.7. The van der Waals surface area contributed by atoms with E-state index in [9.17, 15) is 9.18 Å². The van der Waals surface area contributed by atoms with Crippen LogP contribution in [0.1, 0.15) is 20.3 Å². The molecule has 0 spiro atoms. The third kappa shape index (κ3) is 3.12. The first-order chi connectivity index (χ1) is 5.42. The van der Waals surface area contributed by atoms with Crippen LogP contribution in [0.4, 0.5) is 4.39 Å². The highest BCUT2D eigenvalue weighted by Gasteiger charge is 2.36. The maximum absolute atomic E-state index is 13.3. The highest BCUT2D eigenvalue weighted by atomic mass is 35.5. The summed E-state index contributed by atoms with van der Waals surface area (Å²) in [6.45, 7) is 3.82. The fourth-order valence-corrected chi connectivity index (χ4v) is 1.40. The number of alkyl halides is 1. The molecule has 0 aromatic carbocycles. The first-order valence-electron chi connectivity index (χ1n) is 4.16. The van der Waals surface area contributed by atoms with Gasteiger partial charge < -0.3 is 10.6 Å². The molecule has 1 unspecified atom stereocenters. The van der Waals surface area contributed by atoms with Crippen molar-refractivity contribution in [1.29, 1.82) is 0 Å². The summed E-state index contributed by atoms with van der Waals surface area (Å²) in [4.78, 5) is 12.8. The lowest BCUT2D eigenvalue weighted by atomic mass is 10.1. The first kappa shape index (κ1) is 12.7. The van der Waals surface area contributed by atoms with Gasteiger partial charge in [0.05, 0.1) is 12.6 Å². The molecule has 78 valence electrons. The molecule has 0 aromatic heterocycles. The second kappa shape index (κ2) is 4.24. The van der Waals surface area contributed by atoms with Crippen molar-refractivity contribution in [3.05, 3.63) is 0 Å². The zero-order valence-corrected chi connectivity index (χ0v) is 8.73. The van der Waals surface area contributed by atoms with Gasteiger partial charge in [-0.3, -0.25) is 4.79 Å². The second-order valence-electron chi connectivity index (χ2n) is 3.71. The number of rotatable bonds is 1. The smallest absolute Gasteiger partial charge is 0.239 e. The zero-order valence-electron chi connectivity index (χ0n) is 7.92. The molecule has 0 bridgehead atoms. The molecule has 1 fully saturated rings. The van der Waals surface area contributed by atoms with Crippen LogP contribution >= 0.6 is 12.4 Å². The molecular weight excluding hydrogens is 195 g/mol. The molecule has 0 aromatic rings. The Morgan fingerprint density at radius 2 is 2.23 bits per heavy atom. The molecule has 1 saturated heterocycles. The van der Waals surface area contributed by atoms with Gasteiger partial charge in [0.15, 0.2) is 0 Å². The van der Waals surface area contributed by atoms with Gasteiger partial charge in [-0.15, -0.1) is 12.4 Å². The van der Waals surface area contributed by atoms with Crippen molar-refractivity contribution < 1.29 is 9.18 Å². The summed E-state index contributed by atoms with van der Waals surface area (Å²) in [6, 6.07) is -0.515. The lowest BCUT2D eigenvalue weighted by Crippen LogP contribution is -2.41. The summed E-state index contributed by atoms with van der Waals surface area (Å²) < 4.78 is 13.3. The molecule has 1 aliphatic rings. The van der Waals surface area contributed by atoms with Crippen LogP contribution in [0.3, 0.4) is 0 Å². The summed E-state index contributed by atoms with van der Waals surface area (Å²) in [5.41, 5.74) is 4.17. The van der Waals surface area contributed by atoms with Gasteiger partial charge in [-0.2, -0.15) is 0 Å². The van der Waals surface area contributed by atoms with E-state index in [0.29, 0.717) is 13.0 Å². The van der Waals surface area contributed by atoms with E-state index < -0.39 is 11.7 Å². The van der Waals surface area contributed by atoms with Gasteiger partial charge in [0, 0.05) is 13.0 Å². The molecule has 2 N–H and O–H groups in total. The predicted molar refractivity (Wildman–Crippen MR) is 51.6 cm³/mol. The van der Waals surface area contributed by atoms with E-state index in [0.717, 1.165) is 0 Å². The van der Waals surface area contributed by atoms with Crippen molar-refractivity contribution in [2.75, 3.05) is 13.1 Å². The van der Waals surface area contributed by atoms with Crippen LogP contribution in [0.15, 0.2) is 0 Å². The van der Waals surface area contributed by atoms with Crippen molar-refractivity contribution >= 4 is 18.3 Å². The fraction of sp³-hybridized carbons (Fsp3) is 0.875. The number of carbonyl (C=O) groups excluding carboxylic acids is 1. The Bertz CT molecular complexity index is 197. The average Bonchev–Trinajstić information content (AvgIpc) is 2.28. The van der Waals surface area contributed by atoms with E-state index in [2.05, 4.69) is 0 Å². The van der Waals surface area contributed by atoms with Crippen LogP contribution in [0.25, 0.3) is 0 Å². The van der Waals surface area contributed by atoms with Crippen LogP contribution in [0.5, 0.6) is 0 Å². The number of halogens is 2. The minimum atomic E-state index is -1.22. The number of hydrogen-bond acceptors (Lipinski definition) is 2. The van der Waals surface area contributed by atoms with Gasteiger partial charge in [-0.1, -0.05) is 0 Å². The summed E-state index contributed by atoms with van der Waals surface area (Å²) in [5, 5.41) is 0. The lowest BCUT2D eigenvalue weighted by Gasteiger charge is -2.19. The van der Waals surface area contributed by atoms with Gasteiger partial charge in [0.1, 0.15) is 5.67 Å². The zero-order chi connectivity index (χ0) is 9.35. The Balaban J connectivity index is 0.00000144. The number of likely N-dealkylation sites (tertiary alicyclic amines) is 1. The number of carbonyl (C=O) groups is 1. The SMILES string of the molecule is C[C@@H](N)C(=O)N1CCC(C)(F)C1.Cl. The first-order valence-corrected chi connectivity index (χ1v) is 4.16. The largest absolute Gasteiger partial charge is 0.338 e. The van der Waals surface area contributed by atoms with Crippen LogP contribution in [0, 0.1) is 0 Å². The molecule has 3 nitrogen and oxygen atoms in total. The van der Waals surface area contributed by atoms with Crippen molar-refractivity contribution in [3.8, 4) is 0 Å². The fourth-order valence-electron chi connectivity index (χ4n) is 1.40. The van der Waals surface area contributed by atoms with E-state index in [1.165, 1.54) is 11.8 Å². The van der Waals surface area contributed by atoms with Crippen molar-refractivity contribution in [2.24, 2.45) is 5.73 Å². The molecule has 1 heterocycles. The number of hydrogen-bond donors (Lipinski definition) is 1. The molecule has 0 radical (unpaired) electrons. The maximum atomic E-state index is 13.3. The molecular formula is C8H16ClFN2O. The van der Waals surface area contributed by atoms with E-state index in [1.807, 2.05) is 0 Å². The Morgan fingerprint density at radius 1 is 1.69 bits per heavy atom. The van der Waals surface area contributed by atoms with E-state index in [1.54, 1.807) is 6.92 Å². The highest BCUT2D eigenvalue weighted by molar-refractivity contribution is 5.85. The van der Waals surface area contributed by atoms with Gasteiger partial charge in [0.25, 0.3) is 0 Å². The molecule has 2 atom stereocenters. The molecule has 0 saturated carbocycles. The monoisotopic (exact) mass is 210 g/mol. The van der Waals surface area contributed by atoms with Gasteiger partial charge in [-0.05, 0) is 13.8 Å². The Morgan fingerprint density at radius 3 is 2.54 bits per heavy atom. The number of amides is 1. The molecule has 1 amide bonds. The summed E-state index contributed by atoms with van der Waals surface area (Å²) in [6.07, 6.45) is 0.422. The Hall–Kier alpha value is -0.350. The Labute approximate surface area is 83.9 Å². The van der Waals surface area contributed by atoms with Crippen molar-refractivity contribution in [1.82, 2.24) is 4.90 Å². The molecule has 5 heteroatoms. The van der Waals surface area contributed by atoms with Crippen LogP contribution in [0.2, 0.25) is 0 Å². The number of nitrogens with two attached hydrogens (primary N) is 1. The third-order valence-electron chi connectivity index (χ3n) is 2.12. The average molecular weight is 211 g/mol. The topological polar surface area (TPSA) is 46.3 Å². The van der Waals surface area contributed by atoms with E-state index in [4.69, 9.17) is 5.73 Å². The summed E-state index contributed by atoms with van der Waals surface area (Å²) in [5.74, 6) is -0.156. The standard InChI is InChI=1S/C8H15FN2O.ClH/c1-6(10)7(12)11-4-3-8(2,9)5-11;/h6H,3-5,10H2,1-2H3;1H/t6-,8?;/m1./s1. The lowest BCUT2D eigenvalue weighted by molar-refractivity contribution is -0.131. The molecule has 1 aliphatic heterocycles. The maximum Gasteiger partial charge on any atom is 0.239 e. The Kier molecular flexibility index (Phi) is 4.13. The molecule has 0 aliphatic carbocycles. The van der Waals surface area contributed by atoms with E-state index >= 15 is 0 Å². The summed E-state index contributed by atoms with van der Waals surface area (Å²) >= 11 is 0. The minimum absolute atomic E-state index is 0. The van der Waals surface area contributed by atoms with Crippen LogP contribution < -0.4 is 5.73 Å². The molecule has 13 heavy (non-hydrogen) atoms. The van der Waals surface area contributed by atoms with Crippen LogP contribution in [-0.2, 0) is 4.79 Å². The number of nitrogens with zero attached hydrogens (tertiary/aromatic N) is 1. The predicted octanol–water partition coefficient (Wildman–Crippen LogP) is 0.716. The van der Waals surface area contributed by atoms with Crippen molar-refractivity contribution in [3.63, 3.8) is 0 Å². The second-order valence-corrected chi connectivity index (χ2v) is 3.71. The highest BCUT2D eigenvalue weighted by Crippen LogP contribution is 2.24. The quantitative estimate of drug-likeness (QED) is 0.693. The van der Waals surface area contributed by atoms with Crippen LogP contribution in [-0.4, -0.2) is 35.6 Å². The van der Waals surface area contributed by atoms with Gasteiger partial charge in [0.2, 0.25) is 5.91 Å². The minimum Gasteiger partial charge on any atom is -0.338 e. The van der Waals surface area contributed by atoms with Gasteiger partial charge in [-0.25, -0.2) is 4.39 Å². The van der Waals surface area contributed by atoms with Gasteiger partial charge >= 0.3 is 0 Å². The van der Waals surface area contributed by atoms with Crippen molar-refractivity contribution in [2.45, 2.75) is 32.0 Å². The third-order valence-corrected chi connectivity index (χ3v) is 2.12.